The van der Waals surface area contributed by atoms with Gasteiger partial charge in [0.05, 0.1) is 48.7 Å². The van der Waals surface area contributed by atoms with E-state index >= 15 is 0 Å². The lowest BCUT2D eigenvalue weighted by atomic mass is 10.2. The predicted molar refractivity (Wildman–Crippen MR) is 105 cm³/mol. The topological polar surface area (TPSA) is 101 Å². The van der Waals surface area contributed by atoms with E-state index in [1.165, 1.54) is 19.4 Å². The molecule has 0 saturated heterocycles. The molecule has 0 aliphatic carbocycles. The number of hydrogen-bond acceptors (Lipinski definition) is 5. The lowest BCUT2D eigenvalue weighted by molar-refractivity contribution is -0.141. The van der Waals surface area contributed by atoms with Crippen molar-refractivity contribution in [2.24, 2.45) is 0 Å². The molecule has 0 unspecified atom stereocenters. The molecule has 11 heteroatoms. The summed E-state index contributed by atoms with van der Waals surface area (Å²) in [5.74, 6) is 0. The minimum Gasteiger partial charge on any atom is -0.390 e. The maximum Gasteiger partial charge on any atom is 0.435 e. The van der Waals surface area contributed by atoms with Crippen LogP contribution in [0.3, 0.4) is 0 Å². The fourth-order valence-corrected chi connectivity index (χ4v) is 2.79. The molecule has 0 aliphatic rings. The molecule has 3 N–H and O–H groups in total. The van der Waals surface area contributed by atoms with E-state index in [0.29, 0.717) is 23.7 Å². The number of benzene rings is 1. The van der Waals surface area contributed by atoms with Gasteiger partial charge in [-0.1, -0.05) is 12.1 Å². The number of rotatable bonds is 7. The van der Waals surface area contributed by atoms with Gasteiger partial charge in [0.25, 0.3) is 0 Å². The first-order valence-corrected chi connectivity index (χ1v) is 9.15. The summed E-state index contributed by atoms with van der Waals surface area (Å²) in [7, 11) is 1.52. The van der Waals surface area contributed by atoms with Crippen molar-refractivity contribution >= 4 is 11.7 Å². The molecule has 2 amide bonds. The van der Waals surface area contributed by atoms with Crippen molar-refractivity contribution in [1.29, 1.82) is 0 Å². The lowest BCUT2D eigenvalue weighted by Gasteiger charge is -2.11. The average molecular weight is 435 g/mol. The number of ether oxygens (including phenoxy) is 1. The fourth-order valence-electron chi connectivity index (χ4n) is 2.79. The van der Waals surface area contributed by atoms with Gasteiger partial charge in [-0.3, -0.25) is 4.98 Å². The predicted octanol–water partition coefficient (Wildman–Crippen LogP) is 3.25. The molecule has 2 heterocycles. The summed E-state index contributed by atoms with van der Waals surface area (Å²) >= 11 is 0. The molecule has 2 aromatic heterocycles. The van der Waals surface area contributed by atoms with Gasteiger partial charge >= 0.3 is 12.2 Å². The number of pyridine rings is 1. The van der Waals surface area contributed by atoms with E-state index in [1.807, 2.05) is 0 Å². The number of amides is 2. The van der Waals surface area contributed by atoms with Crippen LogP contribution in [0.5, 0.6) is 0 Å². The van der Waals surface area contributed by atoms with Crippen molar-refractivity contribution in [3.63, 3.8) is 0 Å². The van der Waals surface area contributed by atoms with Gasteiger partial charge in [-0.15, -0.1) is 0 Å². The maximum absolute atomic E-state index is 13.2. The molecular formula is C20H20F3N5O3. The summed E-state index contributed by atoms with van der Waals surface area (Å²) in [5.41, 5.74) is 1.05. The van der Waals surface area contributed by atoms with E-state index in [2.05, 4.69) is 20.7 Å². The number of carbonyl (C=O) groups is 1. The number of carbonyl (C=O) groups excluding carboxylic acids is 1. The Morgan fingerprint density at radius 1 is 1.23 bits per heavy atom. The number of aromatic nitrogens is 3. The maximum atomic E-state index is 13.2. The summed E-state index contributed by atoms with van der Waals surface area (Å²) in [6, 6.07) is 10.1. The largest absolute Gasteiger partial charge is 0.435 e. The smallest absolute Gasteiger partial charge is 0.390 e. The van der Waals surface area contributed by atoms with Crippen LogP contribution in [-0.2, 0) is 30.7 Å². The van der Waals surface area contributed by atoms with Gasteiger partial charge in [-0.05, 0) is 35.9 Å². The average Bonchev–Trinajstić information content (AvgIpc) is 3.18. The number of alkyl halides is 3. The molecule has 3 aromatic rings. The van der Waals surface area contributed by atoms with Crippen LogP contribution in [0, 0.1) is 0 Å². The number of aliphatic hydroxyl groups excluding tert-OH is 1. The quantitative estimate of drug-likeness (QED) is 0.529. The summed E-state index contributed by atoms with van der Waals surface area (Å²) in [4.78, 5) is 16.1. The molecule has 1 aromatic carbocycles. The highest BCUT2D eigenvalue weighted by atomic mass is 19.4. The van der Waals surface area contributed by atoms with Gasteiger partial charge in [-0.2, -0.15) is 18.3 Å². The number of urea groups is 1. The zero-order valence-electron chi connectivity index (χ0n) is 16.5. The molecule has 0 fully saturated rings. The van der Waals surface area contributed by atoms with Crippen molar-refractivity contribution in [3.8, 4) is 5.69 Å². The van der Waals surface area contributed by atoms with Crippen LogP contribution < -0.4 is 10.6 Å². The molecule has 0 spiro atoms. The second kappa shape index (κ2) is 9.58. The van der Waals surface area contributed by atoms with Crippen LogP contribution in [0.1, 0.15) is 22.6 Å². The normalized spacial score (nSPS) is 11.4. The van der Waals surface area contributed by atoms with Crippen molar-refractivity contribution in [2.75, 3.05) is 12.4 Å². The Labute approximate surface area is 175 Å². The zero-order valence-corrected chi connectivity index (χ0v) is 16.5. The Balaban J connectivity index is 1.78. The van der Waals surface area contributed by atoms with Crippen LogP contribution in [-0.4, -0.2) is 33.0 Å². The third-order valence-electron chi connectivity index (χ3n) is 4.21. The molecule has 0 bridgehead atoms. The highest BCUT2D eigenvalue weighted by Gasteiger charge is 2.35. The van der Waals surface area contributed by atoms with Crippen molar-refractivity contribution in [2.45, 2.75) is 25.9 Å². The van der Waals surface area contributed by atoms with Crippen LogP contribution in [0.2, 0.25) is 0 Å². The van der Waals surface area contributed by atoms with Crippen molar-refractivity contribution in [1.82, 2.24) is 20.1 Å². The number of nitrogens with zero attached hydrogens (tertiary/aromatic N) is 3. The second-order valence-corrected chi connectivity index (χ2v) is 6.54. The Hall–Kier alpha value is -3.44. The van der Waals surface area contributed by atoms with Crippen molar-refractivity contribution in [3.05, 3.63) is 71.3 Å². The number of nitrogens with one attached hydrogen (secondary N) is 2. The minimum atomic E-state index is -4.63. The SMILES string of the molecule is COCc1cccc(-n2nc(C(F)(F)F)cc2CNC(=O)Nc2ccc(CO)nc2)c1. The number of halogens is 3. The lowest BCUT2D eigenvalue weighted by Crippen LogP contribution is -2.29. The summed E-state index contributed by atoms with van der Waals surface area (Å²) in [5, 5.41) is 17.7. The van der Waals surface area contributed by atoms with Crippen LogP contribution >= 0.6 is 0 Å². The van der Waals surface area contributed by atoms with Gasteiger partial charge in [0.1, 0.15) is 0 Å². The first-order chi connectivity index (χ1) is 14.8. The van der Waals surface area contributed by atoms with E-state index in [9.17, 15) is 18.0 Å². The molecule has 0 aliphatic heterocycles. The Morgan fingerprint density at radius 2 is 2.03 bits per heavy atom. The van der Waals surface area contributed by atoms with Crippen molar-refractivity contribution < 1.29 is 27.8 Å². The van der Waals surface area contributed by atoms with Crippen LogP contribution in [0.4, 0.5) is 23.7 Å². The number of methoxy groups -OCH3 is 1. The van der Waals surface area contributed by atoms with Crippen LogP contribution in [0.15, 0.2) is 48.7 Å². The molecule has 8 nitrogen and oxygen atoms in total. The first-order valence-electron chi connectivity index (χ1n) is 9.15. The van der Waals surface area contributed by atoms with Gasteiger partial charge in [0.2, 0.25) is 0 Å². The van der Waals surface area contributed by atoms with E-state index < -0.39 is 17.9 Å². The molecule has 3 rings (SSSR count). The highest BCUT2D eigenvalue weighted by Crippen LogP contribution is 2.29. The molecule has 164 valence electrons. The van der Waals surface area contributed by atoms with Gasteiger partial charge < -0.3 is 20.5 Å². The van der Waals surface area contributed by atoms with E-state index in [-0.39, 0.29) is 18.8 Å². The van der Waals surface area contributed by atoms with Gasteiger partial charge in [0, 0.05) is 7.11 Å². The van der Waals surface area contributed by atoms with E-state index in [4.69, 9.17) is 9.84 Å². The first kappa shape index (κ1) is 22.2. The Morgan fingerprint density at radius 3 is 2.68 bits per heavy atom. The summed E-state index contributed by atoms with van der Waals surface area (Å²) < 4.78 is 45.9. The Kier molecular flexibility index (Phi) is 6.88. The molecular weight excluding hydrogens is 415 g/mol. The number of hydrogen-bond donors (Lipinski definition) is 3. The van der Waals surface area contributed by atoms with E-state index in [0.717, 1.165) is 16.3 Å². The number of aliphatic hydroxyl groups is 1. The van der Waals surface area contributed by atoms with Crippen LogP contribution in [0.25, 0.3) is 5.69 Å². The monoisotopic (exact) mass is 435 g/mol. The summed E-state index contributed by atoms with van der Waals surface area (Å²) in [6.45, 7) is -0.143. The fraction of sp³-hybridized carbons (Fsp3) is 0.250. The molecule has 0 atom stereocenters. The standard InChI is InChI=1S/C20H20F3N5O3/c1-31-12-13-3-2-4-16(7-13)28-17(8-18(27-28)20(21,22)23)10-25-19(30)26-14-5-6-15(11-29)24-9-14/h2-9,29H,10-12H2,1H3,(H2,25,26,30). The molecule has 0 saturated carbocycles. The van der Waals surface area contributed by atoms with Gasteiger partial charge in [-0.25, -0.2) is 9.48 Å². The van der Waals surface area contributed by atoms with E-state index in [1.54, 1.807) is 30.3 Å². The summed E-state index contributed by atoms with van der Waals surface area (Å²) in [6.07, 6.45) is -3.27. The highest BCUT2D eigenvalue weighted by molar-refractivity contribution is 5.88. The third-order valence-corrected chi connectivity index (χ3v) is 4.21. The molecule has 0 radical (unpaired) electrons. The minimum absolute atomic E-state index is 0.144. The Bertz CT molecular complexity index is 1040. The molecule has 31 heavy (non-hydrogen) atoms. The second-order valence-electron chi connectivity index (χ2n) is 6.54. The van der Waals surface area contributed by atoms with Gasteiger partial charge in [0.15, 0.2) is 5.69 Å². The third kappa shape index (κ3) is 5.80. The number of anilines is 1. The zero-order chi connectivity index (χ0) is 22.4.